The first-order valence-electron chi connectivity index (χ1n) is 9.80. The zero-order valence-corrected chi connectivity index (χ0v) is 18.5. The second kappa shape index (κ2) is 8.75. The number of non-ortho nitro benzene ring substituents is 1. The van der Waals surface area contributed by atoms with Crippen LogP contribution < -0.4 is 5.32 Å². The summed E-state index contributed by atoms with van der Waals surface area (Å²) in [5.74, 6) is 0.685. The molecule has 0 saturated carbocycles. The average Bonchev–Trinajstić information content (AvgIpc) is 3.17. The van der Waals surface area contributed by atoms with Crippen LogP contribution in [0, 0.1) is 30.9 Å². The molecule has 0 spiro atoms. The lowest BCUT2D eigenvalue weighted by atomic mass is 10.1. The van der Waals surface area contributed by atoms with E-state index >= 15 is 0 Å². The molecule has 2 aromatic carbocycles. The van der Waals surface area contributed by atoms with Gasteiger partial charge in [-0.2, -0.15) is 4.98 Å². The third-order valence-electron chi connectivity index (χ3n) is 4.90. The molecular formula is C22H20N6O3S. The molecule has 4 aromatic rings. The number of aromatic nitrogens is 4. The maximum absolute atomic E-state index is 13.0. The number of hydrogen-bond acceptors (Lipinski definition) is 7. The van der Waals surface area contributed by atoms with E-state index in [1.807, 2.05) is 32.0 Å². The first-order chi connectivity index (χ1) is 15.3. The fourth-order valence-corrected chi connectivity index (χ4v) is 4.09. The van der Waals surface area contributed by atoms with Gasteiger partial charge in [0.2, 0.25) is 5.16 Å². The predicted octanol–water partition coefficient (Wildman–Crippen LogP) is 4.50. The van der Waals surface area contributed by atoms with Gasteiger partial charge >= 0.3 is 0 Å². The molecule has 0 fully saturated rings. The van der Waals surface area contributed by atoms with Crippen LogP contribution in [-0.2, 0) is 5.75 Å². The van der Waals surface area contributed by atoms with Crippen LogP contribution in [0.2, 0.25) is 0 Å². The van der Waals surface area contributed by atoms with Crippen molar-refractivity contribution in [3.05, 3.63) is 86.7 Å². The highest BCUT2D eigenvalue weighted by atomic mass is 32.2. The molecule has 0 bridgehead atoms. The molecule has 32 heavy (non-hydrogen) atoms. The summed E-state index contributed by atoms with van der Waals surface area (Å²) in [4.78, 5) is 32.4. The van der Waals surface area contributed by atoms with Gasteiger partial charge in [0.05, 0.1) is 10.6 Å². The van der Waals surface area contributed by atoms with Crippen LogP contribution in [0.15, 0.2) is 53.7 Å². The molecule has 0 aliphatic rings. The van der Waals surface area contributed by atoms with Gasteiger partial charge in [0.1, 0.15) is 0 Å². The lowest BCUT2D eigenvalue weighted by Crippen LogP contribution is -2.15. The summed E-state index contributed by atoms with van der Waals surface area (Å²) >= 11 is 1.41. The SMILES string of the molecule is Cc1cc(C)n2nc(SCc3ccccc3C(=O)Nc3cc([N+](=O)[O-])ccc3C)nc2n1. The molecule has 1 amide bonds. The molecule has 10 heteroatoms. The molecule has 1 N–H and O–H groups in total. The molecule has 0 radical (unpaired) electrons. The molecule has 9 nitrogen and oxygen atoms in total. The van der Waals surface area contributed by atoms with Crippen molar-refractivity contribution in [1.29, 1.82) is 0 Å². The molecule has 0 unspecified atom stereocenters. The Labute approximate surface area is 188 Å². The van der Waals surface area contributed by atoms with Gasteiger partial charge in [0.25, 0.3) is 17.4 Å². The van der Waals surface area contributed by atoms with Crippen molar-refractivity contribution in [3.63, 3.8) is 0 Å². The Kier molecular flexibility index (Phi) is 5.87. The molecule has 0 aliphatic carbocycles. The summed E-state index contributed by atoms with van der Waals surface area (Å²) in [7, 11) is 0. The number of nitro groups is 1. The predicted molar refractivity (Wildman–Crippen MR) is 122 cm³/mol. The topological polar surface area (TPSA) is 115 Å². The maximum atomic E-state index is 13.0. The molecule has 162 valence electrons. The fourth-order valence-electron chi connectivity index (χ4n) is 3.27. The van der Waals surface area contributed by atoms with Gasteiger partial charge < -0.3 is 5.32 Å². The standard InChI is InChI=1S/C22H20N6O3S/c1-13-8-9-17(28(30)31)11-19(13)24-20(29)18-7-5-4-6-16(18)12-32-22-25-21-23-14(2)10-15(3)27(21)26-22/h4-11H,12H2,1-3H3,(H,24,29). The normalized spacial score (nSPS) is 11.0. The maximum Gasteiger partial charge on any atom is 0.271 e. The summed E-state index contributed by atoms with van der Waals surface area (Å²) in [5.41, 5.74) is 4.18. The Morgan fingerprint density at radius 1 is 1.12 bits per heavy atom. The number of fused-ring (bicyclic) bond motifs is 1. The molecule has 4 rings (SSSR count). The highest BCUT2D eigenvalue weighted by Crippen LogP contribution is 2.25. The minimum atomic E-state index is -0.487. The van der Waals surface area contributed by atoms with Gasteiger partial charge in [-0.05, 0) is 44.0 Å². The van der Waals surface area contributed by atoms with Gasteiger partial charge in [-0.1, -0.05) is 36.0 Å². The summed E-state index contributed by atoms with van der Waals surface area (Å²) in [6, 6.07) is 13.6. The Hall–Kier alpha value is -3.79. The summed E-state index contributed by atoms with van der Waals surface area (Å²) in [5, 5.41) is 18.9. The molecular weight excluding hydrogens is 428 g/mol. The van der Waals surface area contributed by atoms with E-state index in [0.717, 1.165) is 22.5 Å². The van der Waals surface area contributed by atoms with E-state index < -0.39 is 4.92 Å². The highest BCUT2D eigenvalue weighted by Gasteiger charge is 2.16. The van der Waals surface area contributed by atoms with E-state index in [1.165, 1.54) is 23.9 Å². The number of aryl methyl sites for hydroxylation is 3. The van der Waals surface area contributed by atoms with Crippen molar-refractivity contribution in [2.45, 2.75) is 31.7 Å². The van der Waals surface area contributed by atoms with Crippen LogP contribution in [0.4, 0.5) is 11.4 Å². The molecule has 2 aromatic heterocycles. The second-order valence-electron chi connectivity index (χ2n) is 7.30. The number of carbonyl (C=O) groups is 1. The van der Waals surface area contributed by atoms with E-state index in [4.69, 9.17) is 0 Å². The first-order valence-corrected chi connectivity index (χ1v) is 10.8. The number of anilines is 1. The van der Waals surface area contributed by atoms with Crippen molar-refractivity contribution >= 4 is 34.8 Å². The van der Waals surface area contributed by atoms with Crippen molar-refractivity contribution in [1.82, 2.24) is 19.6 Å². The number of nitrogens with one attached hydrogen (secondary N) is 1. The lowest BCUT2D eigenvalue weighted by molar-refractivity contribution is -0.384. The van der Waals surface area contributed by atoms with Gasteiger partial charge in [0, 0.05) is 34.8 Å². The van der Waals surface area contributed by atoms with Crippen LogP contribution in [-0.4, -0.2) is 30.4 Å². The quantitative estimate of drug-likeness (QED) is 0.262. The zero-order valence-electron chi connectivity index (χ0n) is 17.7. The number of hydrogen-bond donors (Lipinski definition) is 1. The van der Waals surface area contributed by atoms with Crippen LogP contribution in [0.25, 0.3) is 5.78 Å². The summed E-state index contributed by atoms with van der Waals surface area (Å²) in [6.45, 7) is 5.64. The molecule has 2 heterocycles. The van der Waals surface area contributed by atoms with Crippen molar-refractivity contribution in [3.8, 4) is 0 Å². The van der Waals surface area contributed by atoms with Crippen LogP contribution in [0.1, 0.15) is 32.9 Å². The highest BCUT2D eigenvalue weighted by molar-refractivity contribution is 7.98. The number of nitrogens with zero attached hydrogens (tertiary/aromatic N) is 5. The van der Waals surface area contributed by atoms with E-state index in [-0.39, 0.29) is 11.6 Å². The van der Waals surface area contributed by atoms with Gasteiger partial charge in [-0.25, -0.2) is 9.50 Å². The zero-order chi connectivity index (χ0) is 22.8. The minimum absolute atomic E-state index is 0.0770. The number of benzene rings is 2. The third-order valence-corrected chi connectivity index (χ3v) is 5.78. The first kappa shape index (κ1) is 21.4. The van der Waals surface area contributed by atoms with Crippen molar-refractivity contribution in [2.24, 2.45) is 0 Å². The smallest absolute Gasteiger partial charge is 0.271 e. The van der Waals surface area contributed by atoms with Crippen LogP contribution in [0.5, 0.6) is 0 Å². The fraction of sp³-hybridized carbons (Fsp3) is 0.182. The third kappa shape index (κ3) is 4.45. The van der Waals surface area contributed by atoms with Gasteiger partial charge in [-0.15, -0.1) is 5.10 Å². The Morgan fingerprint density at radius 3 is 2.69 bits per heavy atom. The van der Waals surface area contributed by atoms with E-state index in [9.17, 15) is 14.9 Å². The van der Waals surface area contributed by atoms with Crippen molar-refractivity contribution < 1.29 is 9.72 Å². The number of amides is 1. The van der Waals surface area contributed by atoms with Gasteiger partial charge in [0.15, 0.2) is 0 Å². The van der Waals surface area contributed by atoms with Gasteiger partial charge in [-0.3, -0.25) is 14.9 Å². The summed E-state index contributed by atoms with van der Waals surface area (Å²) < 4.78 is 1.69. The Bertz CT molecular complexity index is 1350. The Balaban J connectivity index is 1.54. The molecule has 0 aliphatic heterocycles. The van der Waals surface area contributed by atoms with Crippen LogP contribution >= 0.6 is 11.8 Å². The lowest BCUT2D eigenvalue weighted by Gasteiger charge is -2.11. The molecule has 0 saturated heterocycles. The number of nitro benzene ring substituents is 1. The minimum Gasteiger partial charge on any atom is -0.321 e. The largest absolute Gasteiger partial charge is 0.321 e. The number of carbonyl (C=O) groups excluding carboxylic acids is 1. The van der Waals surface area contributed by atoms with E-state index in [0.29, 0.717) is 27.9 Å². The number of rotatable bonds is 6. The monoisotopic (exact) mass is 448 g/mol. The summed E-state index contributed by atoms with van der Waals surface area (Å²) in [6.07, 6.45) is 0. The molecule has 0 atom stereocenters. The Morgan fingerprint density at radius 2 is 1.91 bits per heavy atom. The second-order valence-corrected chi connectivity index (χ2v) is 8.24. The average molecular weight is 449 g/mol. The van der Waals surface area contributed by atoms with E-state index in [2.05, 4.69) is 20.4 Å². The number of thioether (sulfide) groups is 1. The van der Waals surface area contributed by atoms with Crippen LogP contribution in [0.3, 0.4) is 0 Å². The van der Waals surface area contributed by atoms with E-state index in [1.54, 1.807) is 29.6 Å². The van der Waals surface area contributed by atoms with Crippen molar-refractivity contribution in [2.75, 3.05) is 5.32 Å².